The first-order valence-corrected chi connectivity index (χ1v) is 10.4. The summed E-state index contributed by atoms with van der Waals surface area (Å²) in [6.45, 7) is 4.45. The smallest absolute Gasteiger partial charge is 0.338 e. The van der Waals surface area contributed by atoms with E-state index in [1.807, 2.05) is 6.07 Å². The van der Waals surface area contributed by atoms with E-state index in [4.69, 9.17) is 14.2 Å². The largest absolute Gasteiger partial charge is 0.497 e. The molecule has 1 N–H and O–H groups in total. The number of ether oxygens (including phenoxy) is 3. The lowest BCUT2D eigenvalue weighted by Gasteiger charge is -2.37. The Morgan fingerprint density at radius 2 is 1.90 bits per heavy atom. The van der Waals surface area contributed by atoms with E-state index in [2.05, 4.69) is 10.2 Å². The Balaban J connectivity index is 2.09. The van der Waals surface area contributed by atoms with Crippen molar-refractivity contribution in [1.29, 1.82) is 0 Å². The van der Waals surface area contributed by atoms with E-state index in [0.29, 0.717) is 34.9 Å². The molecule has 0 radical (unpaired) electrons. The first-order valence-electron chi connectivity index (χ1n) is 10.4. The van der Waals surface area contributed by atoms with E-state index in [-0.39, 0.29) is 12.6 Å². The summed E-state index contributed by atoms with van der Waals surface area (Å²) in [6.07, 6.45) is 3.45. The SMILES string of the molecule is CCOC(=O)C1=C(CN2CCCCC2)N(C)C(=O)N[C@@H]1c1ccc(OC)cc1OC. The van der Waals surface area contributed by atoms with Crippen LogP contribution < -0.4 is 14.8 Å². The van der Waals surface area contributed by atoms with Gasteiger partial charge < -0.3 is 19.5 Å². The Hall–Kier alpha value is -2.74. The van der Waals surface area contributed by atoms with Crippen molar-refractivity contribution in [3.05, 3.63) is 35.0 Å². The van der Waals surface area contributed by atoms with Crippen molar-refractivity contribution in [3.63, 3.8) is 0 Å². The summed E-state index contributed by atoms with van der Waals surface area (Å²) in [5.74, 6) is 0.729. The third kappa shape index (κ3) is 4.53. The minimum atomic E-state index is -0.673. The molecule has 3 rings (SSSR count). The highest BCUT2D eigenvalue weighted by atomic mass is 16.5. The number of hydrogen-bond acceptors (Lipinski definition) is 6. The minimum Gasteiger partial charge on any atom is -0.497 e. The second-order valence-electron chi connectivity index (χ2n) is 7.47. The monoisotopic (exact) mass is 417 g/mol. The van der Waals surface area contributed by atoms with Crippen LogP contribution in [-0.4, -0.2) is 69.3 Å². The van der Waals surface area contributed by atoms with Crippen LogP contribution in [-0.2, 0) is 9.53 Å². The minimum absolute atomic E-state index is 0.253. The van der Waals surface area contributed by atoms with Gasteiger partial charge in [-0.05, 0) is 45.0 Å². The predicted octanol–water partition coefficient (Wildman–Crippen LogP) is 2.70. The van der Waals surface area contributed by atoms with Gasteiger partial charge in [0.15, 0.2) is 0 Å². The lowest BCUT2D eigenvalue weighted by Crippen LogP contribution is -2.49. The molecule has 1 fully saturated rings. The van der Waals surface area contributed by atoms with E-state index in [0.717, 1.165) is 25.9 Å². The van der Waals surface area contributed by atoms with Crippen molar-refractivity contribution in [2.45, 2.75) is 32.2 Å². The van der Waals surface area contributed by atoms with Gasteiger partial charge in [0, 0.05) is 30.9 Å². The average Bonchev–Trinajstić information content (AvgIpc) is 2.77. The normalized spacial score (nSPS) is 20.1. The fourth-order valence-electron chi connectivity index (χ4n) is 4.02. The molecule has 0 bridgehead atoms. The second-order valence-corrected chi connectivity index (χ2v) is 7.47. The Labute approximate surface area is 177 Å². The number of amides is 2. The fourth-order valence-corrected chi connectivity index (χ4v) is 4.02. The number of likely N-dealkylation sites (tertiary alicyclic amines) is 1. The average molecular weight is 418 g/mol. The zero-order valence-electron chi connectivity index (χ0n) is 18.2. The summed E-state index contributed by atoms with van der Waals surface area (Å²) < 4.78 is 16.2. The molecule has 8 heteroatoms. The Bertz CT molecular complexity index is 817. The van der Waals surface area contributed by atoms with Crippen LogP contribution >= 0.6 is 0 Å². The number of rotatable bonds is 7. The van der Waals surface area contributed by atoms with Gasteiger partial charge in [-0.2, -0.15) is 0 Å². The number of nitrogens with zero attached hydrogens (tertiary/aromatic N) is 2. The number of piperidine rings is 1. The molecule has 0 saturated carbocycles. The lowest BCUT2D eigenvalue weighted by atomic mass is 9.93. The van der Waals surface area contributed by atoms with Gasteiger partial charge in [0.1, 0.15) is 11.5 Å². The lowest BCUT2D eigenvalue weighted by molar-refractivity contribution is -0.139. The van der Waals surface area contributed by atoms with Crippen molar-refractivity contribution in [2.75, 3.05) is 47.5 Å². The first kappa shape index (κ1) is 22.0. The maximum atomic E-state index is 13.1. The molecule has 2 amide bonds. The Kier molecular flexibility index (Phi) is 7.20. The highest BCUT2D eigenvalue weighted by molar-refractivity contribution is 5.95. The molecule has 1 atom stereocenters. The zero-order valence-corrected chi connectivity index (χ0v) is 18.2. The van der Waals surface area contributed by atoms with Crippen LogP contribution in [0.25, 0.3) is 0 Å². The zero-order chi connectivity index (χ0) is 21.7. The summed E-state index contributed by atoms with van der Waals surface area (Å²) in [6, 6.07) is 4.40. The second kappa shape index (κ2) is 9.84. The van der Waals surface area contributed by atoms with E-state index in [1.165, 1.54) is 11.3 Å². The maximum absolute atomic E-state index is 13.1. The molecule has 2 aliphatic rings. The van der Waals surface area contributed by atoms with Crippen molar-refractivity contribution in [2.24, 2.45) is 0 Å². The van der Waals surface area contributed by atoms with E-state index in [9.17, 15) is 9.59 Å². The number of hydrogen-bond donors (Lipinski definition) is 1. The summed E-state index contributed by atoms with van der Waals surface area (Å²) >= 11 is 0. The fraction of sp³-hybridized carbons (Fsp3) is 0.545. The molecule has 30 heavy (non-hydrogen) atoms. The molecule has 1 aromatic rings. The van der Waals surface area contributed by atoms with Crippen LogP contribution in [0.3, 0.4) is 0 Å². The predicted molar refractivity (Wildman–Crippen MR) is 113 cm³/mol. The number of benzene rings is 1. The summed E-state index contributed by atoms with van der Waals surface area (Å²) in [5, 5.41) is 2.94. The Morgan fingerprint density at radius 3 is 2.53 bits per heavy atom. The standard InChI is InChI=1S/C22H31N3O5/c1-5-30-21(26)19-17(14-25-11-7-6-8-12-25)24(2)22(27)23-20(19)16-10-9-15(28-3)13-18(16)29-4/h9-10,13,20H,5-8,11-12,14H2,1-4H3,(H,23,27)/t20-/m1/s1. The van der Waals surface area contributed by atoms with Crippen LogP contribution in [0, 0.1) is 0 Å². The number of carbonyl (C=O) groups excluding carboxylic acids is 2. The highest BCUT2D eigenvalue weighted by Gasteiger charge is 2.38. The van der Waals surface area contributed by atoms with Crippen LogP contribution in [0.4, 0.5) is 4.79 Å². The van der Waals surface area contributed by atoms with Gasteiger partial charge in [-0.1, -0.05) is 6.42 Å². The van der Waals surface area contributed by atoms with Crippen LogP contribution in [0.5, 0.6) is 11.5 Å². The van der Waals surface area contributed by atoms with Gasteiger partial charge in [-0.15, -0.1) is 0 Å². The molecule has 164 valence electrons. The number of likely N-dealkylation sites (N-methyl/N-ethyl adjacent to an activating group) is 1. The number of carbonyl (C=O) groups is 2. The molecular formula is C22H31N3O5. The summed E-state index contributed by atoms with van der Waals surface area (Å²) in [5.41, 5.74) is 1.79. The topological polar surface area (TPSA) is 80.3 Å². The number of methoxy groups -OCH3 is 2. The third-order valence-electron chi connectivity index (χ3n) is 5.65. The molecule has 2 aliphatic heterocycles. The van der Waals surface area contributed by atoms with Gasteiger partial charge in [-0.3, -0.25) is 9.80 Å². The van der Waals surface area contributed by atoms with Crippen LogP contribution in [0.1, 0.15) is 37.8 Å². The quantitative estimate of drug-likeness (QED) is 0.687. The molecule has 0 spiro atoms. The van der Waals surface area contributed by atoms with Crippen molar-refractivity contribution >= 4 is 12.0 Å². The van der Waals surface area contributed by atoms with Crippen molar-refractivity contribution < 1.29 is 23.8 Å². The Morgan fingerprint density at radius 1 is 1.17 bits per heavy atom. The molecule has 8 nitrogen and oxygen atoms in total. The summed E-state index contributed by atoms with van der Waals surface area (Å²) in [7, 11) is 4.82. The van der Waals surface area contributed by atoms with Crippen molar-refractivity contribution in [3.8, 4) is 11.5 Å². The van der Waals surface area contributed by atoms with Gasteiger partial charge in [0.25, 0.3) is 0 Å². The van der Waals surface area contributed by atoms with E-state index >= 15 is 0 Å². The molecular weight excluding hydrogens is 386 g/mol. The number of nitrogens with one attached hydrogen (secondary N) is 1. The molecule has 2 heterocycles. The molecule has 1 aromatic carbocycles. The highest BCUT2D eigenvalue weighted by Crippen LogP contribution is 2.37. The van der Waals surface area contributed by atoms with Gasteiger partial charge >= 0.3 is 12.0 Å². The first-order chi connectivity index (χ1) is 14.5. The number of urea groups is 1. The van der Waals surface area contributed by atoms with Crippen LogP contribution in [0.15, 0.2) is 29.5 Å². The molecule has 1 saturated heterocycles. The van der Waals surface area contributed by atoms with Gasteiger partial charge in [0.2, 0.25) is 0 Å². The number of esters is 1. The van der Waals surface area contributed by atoms with Crippen molar-refractivity contribution in [1.82, 2.24) is 15.1 Å². The molecule has 0 aromatic heterocycles. The van der Waals surface area contributed by atoms with E-state index in [1.54, 1.807) is 40.3 Å². The molecule has 0 unspecified atom stereocenters. The maximum Gasteiger partial charge on any atom is 0.338 e. The van der Waals surface area contributed by atoms with Gasteiger partial charge in [0.05, 0.1) is 32.4 Å². The van der Waals surface area contributed by atoms with E-state index < -0.39 is 12.0 Å². The van der Waals surface area contributed by atoms with Gasteiger partial charge in [-0.25, -0.2) is 9.59 Å². The third-order valence-corrected chi connectivity index (χ3v) is 5.65. The van der Waals surface area contributed by atoms with Crippen LogP contribution in [0.2, 0.25) is 0 Å². The molecule has 0 aliphatic carbocycles. The summed E-state index contributed by atoms with van der Waals surface area (Å²) in [4.78, 5) is 29.7.